The van der Waals surface area contributed by atoms with Gasteiger partial charge in [0.15, 0.2) is 0 Å². The van der Waals surface area contributed by atoms with Crippen LogP contribution in [-0.4, -0.2) is 29.8 Å². The highest BCUT2D eigenvalue weighted by Crippen LogP contribution is 2.36. The number of piperidine rings is 1. The highest BCUT2D eigenvalue weighted by molar-refractivity contribution is 5.80. The predicted octanol–water partition coefficient (Wildman–Crippen LogP) is 2.68. The molecule has 0 spiro atoms. The molecule has 2 amide bonds. The molecule has 2 aliphatic rings. The summed E-state index contributed by atoms with van der Waals surface area (Å²) in [6.07, 6.45) is 5.60. The van der Waals surface area contributed by atoms with Gasteiger partial charge < -0.3 is 10.6 Å². The van der Waals surface area contributed by atoms with Crippen LogP contribution in [0.25, 0.3) is 0 Å². The van der Waals surface area contributed by atoms with Crippen LogP contribution < -0.4 is 5.73 Å². The number of likely N-dealkylation sites (tertiary alicyclic amines) is 1. The Kier molecular flexibility index (Phi) is 4.99. The molecule has 0 aromatic heterocycles. The average Bonchev–Trinajstić information content (AvgIpc) is 2.62. The Morgan fingerprint density at radius 3 is 2.04 bits per heavy atom. The fraction of sp³-hybridized carbons (Fsp3) is 0.579. The van der Waals surface area contributed by atoms with E-state index in [0.717, 1.165) is 38.5 Å². The van der Waals surface area contributed by atoms with Gasteiger partial charge in [-0.05, 0) is 50.0 Å². The number of benzene rings is 1. The van der Waals surface area contributed by atoms with E-state index in [4.69, 9.17) is 5.73 Å². The molecule has 4 heteroatoms. The van der Waals surface area contributed by atoms with Crippen LogP contribution in [-0.2, 0) is 9.59 Å². The first-order valence-corrected chi connectivity index (χ1v) is 8.78. The van der Waals surface area contributed by atoms with Crippen molar-refractivity contribution >= 4 is 11.8 Å². The molecule has 2 fully saturated rings. The van der Waals surface area contributed by atoms with Gasteiger partial charge in [-0.2, -0.15) is 0 Å². The lowest BCUT2D eigenvalue weighted by Gasteiger charge is -2.35. The molecular formula is C19H26N2O2. The number of amides is 2. The molecule has 0 radical (unpaired) electrons. The fourth-order valence-corrected chi connectivity index (χ4v) is 4.04. The number of nitrogens with two attached hydrogens (primary N) is 1. The molecule has 0 atom stereocenters. The van der Waals surface area contributed by atoms with Gasteiger partial charge in [0.2, 0.25) is 11.8 Å². The summed E-state index contributed by atoms with van der Waals surface area (Å²) in [5, 5.41) is 0. The number of hydrogen-bond donors (Lipinski definition) is 1. The quantitative estimate of drug-likeness (QED) is 0.932. The molecule has 1 aromatic rings. The maximum Gasteiger partial charge on any atom is 0.225 e. The molecular weight excluding hydrogens is 288 g/mol. The smallest absolute Gasteiger partial charge is 0.225 e. The normalized spacial score (nSPS) is 26.0. The summed E-state index contributed by atoms with van der Waals surface area (Å²) in [6, 6.07) is 10.6. The summed E-state index contributed by atoms with van der Waals surface area (Å²) in [6.45, 7) is 1.37. The minimum atomic E-state index is -0.222. The third-order valence-electron chi connectivity index (χ3n) is 5.56. The Labute approximate surface area is 138 Å². The standard InChI is InChI=1S/C19H26N2O2/c20-18(22)16-10-12-21(13-11-16)19(23)17-8-6-15(7-9-17)14-4-2-1-3-5-14/h1-5,15-17H,6-13H2,(H2,20,22). The van der Waals surface area contributed by atoms with Crippen molar-refractivity contribution in [1.29, 1.82) is 0 Å². The van der Waals surface area contributed by atoms with Crippen LogP contribution in [0.3, 0.4) is 0 Å². The zero-order valence-electron chi connectivity index (χ0n) is 13.6. The van der Waals surface area contributed by atoms with Crippen LogP contribution in [0.4, 0.5) is 0 Å². The van der Waals surface area contributed by atoms with Gasteiger partial charge in [0.25, 0.3) is 0 Å². The summed E-state index contributed by atoms with van der Waals surface area (Å²) in [5.41, 5.74) is 6.76. The van der Waals surface area contributed by atoms with E-state index < -0.39 is 0 Å². The van der Waals surface area contributed by atoms with Gasteiger partial charge in [0.1, 0.15) is 0 Å². The van der Waals surface area contributed by atoms with E-state index in [0.29, 0.717) is 24.9 Å². The lowest BCUT2D eigenvalue weighted by molar-refractivity contribution is -0.139. The molecule has 23 heavy (non-hydrogen) atoms. The Bertz CT molecular complexity index is 542. The monoisotopic (exact) mass is 314 g/mol. The van der Waals surface area contributed by atoms with Crippen LogP contribution in [0.1, 0.15) is 50.0 Å². The fourth-order valence-electron chi connectivity index (χ4n) is 4.04. The first-order valence-electron chi connectivity index (χ1n) is 8.78. The van der Waals surface area contributed by atoms with Crippen LogP contribution in [0.15, 0.2) is 30.3 Å². The zero-order chi connectivity index (χ0) is 16.2. The van der Waals surface area contributed by atoms with Gasteiger partial charge in [-0.25, -0.2) is 0 Å². The summed E-state index contributed by atoms with van der Waals surface area (Å²) in [7, 11) is 0. The number of carbonyl (C=O) groups is 2. The molecule has 4 nitrogen and oxygen atoms in total. The van der Waals surface area contributed by atoms with E-state index in [-0.39, 0.29) is 17.7 Å². The maximum atomic E-state index is 12.7. The molecule has 1 aliphatic heterocycles. The van der Waals surface area contributed by atoms with Gasteiger partial charge in [-0.3, -0.25) is 9.59 Å². The molecule has 1 aromatic carbocycles. The average molecular weight is 314 g/mol. The second kappa shape index (κ2) is 7.16. The first-order chi connectivity index (χ1) is 11.1. The minimum Gasteiger partial charge on any atom is -0.369 e. The molecule has 3 rings (SSSR count). The van der Waals surface area contributed by atoms with Crippen molar-refractivity contribution in [2.75, 3.05) is 13.1 Å². The molecule has 0 unspecified atom stereocenters. The third kappa shape index (κ3) is 3.74. The van der Waals surface area contributed by atoms with Gasteiger partial charge in [0, 0.05) is 24.9 Å². The number of hydrogen-bond acceptors (Lipinski definition) is 2. The van der Waals surface area contributed by atoms with Crippen molar-refractivity contribution in [3.63, 3.8) is 0 Å². The molecule has 1 saturated carbocycles. The topological polar surface area (TPSA) is 63.4 Å². The molecule has 1 heterocycles. The lowest BCUT2D eigenvalue weighted by atomic mass is 9.78. The van der Waals surface area contributed by atoms with Crippen molar-refractivity contribution in [3.8, 4) is 0 Å². The van der Waals surface area contributed by atoms with Crippen molar-refractivity contribution in [2.24, 2.45) is 17.6 Å². The molecule has 124 valence electrons. The SMILES string of the molecule is NC(=O)C1CCN(C(=O)C2CCC(c3ccccc3)CC2)CC1. The van der Waals surface area contributed by atoms with Crippen molar-refractivity contribution in [1.82, 2.24) is 4.90 Å². The zero-order valence-corrected chi connectivity index (χ0v) is 13.6. The van der Waals surface area contributed by atoms with Crippen LogP contribution in [0, 0.1) is 11.8 Å². The number of nitrogens with zero attached hydrogens (tertiary/aromatic N) is 1. The van der Waals surface area contributed by atoms with Gasteiger partial charge in [-0.1, -0.05) is 30.3 Å². The summed E-state index contributed by atoms with van der Waals surface area (Å²) < 4.78 is 0. The number of rotatable bonds is 3. The number of carbonyl (C=O) groups excluding carboxylic acids is 2. The van der Waals surface area contributed by atoms with Gasteiger partial charge >= 0.3 is 0 Å². The van der Waals surface area contributed by atoms with E-state index in [9.17, 15) is 9.59 Å². The van der Waals surface area contributed by atoms with E-state index in [1.807, 2.05) is 11.0 Å². The van der Waals surface area contributed by atoms with Crippen molar-refractivity contribution in [2.45, 2.75) is 44.4 Å². The molecule has 1 aliphatic carbocycles. The third-order valence-corrected chi connectivity index (χ3v) is 5.56. The Balaban J connectivity index is 1.50. The van der Waals surface area contributed by atoms with Crippen molar-refractivity contribution in [3.05, 3.63) is 35.9 Å². The van der Waals surface area contributed by atoms with E-state index >= 15 is 0 Å². The Morgan fingerprint density at radius 2 is 1.48 bits per heavy atom. The Hall–Kier alpha value is -1.84. The van der Waals surface area contributed by atoms with Gasteiger partial charge in [-0.15, -0.1) is 0 Å². The summed E-state index contributed by atoms with van der Waals surface area (Å²) in [4.78, 5) is 25.9. The lowest BCUT2D eigenvalue weighted by Crippen LogP contribution is -2.44. The molecule has 1 saturated heterocycles. The second-order valence-electron chi connectivity index (χ2n) is 6.96. The maximum absolute atomic E-state index is 12.7. The number of primary amides is 1. The van der Waals surface area contributed by atoms with Crippen LogP contribution in [0.2, 0.25) is 0 Å². The summed E-state index contributed by atoms with van der Waals surface area (Å²) >= 11 is 0. The highest BCUT2D eigenvalue weighted by Gasteiger charge is 2.32. The minimum absolute atomic E-state index is 0.0483. The second-order valence-corrected chi connectivity index (χ2v) is 6.96. The van der Waals surface area contributed by atoms with Crippen molar-refractivity contribution < 1.29 is 9.59 Å². The predicted molar refractivity (Wildman–Crippen MR) is 89.6 cm³/mol. The van der Waals surface area contributed by atoms with Crippen LogP contribution in [0.5, 0.6) is 0 Å². The largest absolute Gasteiger partial charge is 0.369 e. The van der Waals surface area contributed by atoms with E-state index in [1.54, 1.807) is 0 Å². The van der Waals surface area contributed by atoms with Gasteiger partial charge in [0.05, 0.1) is 0 Å². The van der Waals surface area contributed by atoms with E-state index in [1.165, 1.54) is 5.56 Å². The van der Waals surface area contributed by atoms with E-state index in [2.05, 4.69) is 24.3 Å². The summed E-state index contributed by atoms with van der Waals surface area (Å²) in [5.74, 6) is 0.786. The molecule has 0 bridgehead atoms. The highest BCUT2D eigenvalue weighted by atomic mass is 16.2. The van der Waals surface area contributed by atoms with Crippen LogP contribution >= 0.6 is 0 Å². The Morgan fingerprint density at radius 1 is 0.870 bits per heavy atom. The first kappa shape index (κ1) is 16.0. The molecule has 2 N–H and O–H groups in total.